The Morgan fingerprint density at radius 1 is 0.900 bits per heavy atom. The summed E-state index contributed by atoms with van der Waals surface area (Å²) < 4.78 is 0. The van der Waals surface area contributed by atoms with Crippen molar-refractivity contribution < 1.29 is 39.5 Å². The average Bonchev–Trinajstić information content (AvgIpc) is 2.50. The van der Waals surface area contributed by atoms with Crippen molar-refractivity contribution in [3.05, 3.63) is 0 Å². The second-order valence-electron chi connectivity index (χ2n) is 3.82. The molecule has 0 aliphatic heterocycles. The van der Waals surface area contributed by atoms with Crippen LogP contribution in [0.1, 0.15) is 40.0 Å². The van der Waals surface area contributed by atoms with E-state index in [9.17, 15) is 0 Å². The first-order valence-corrected chi connectivity index (χ1v) is 6.60. The maximum atomic E-state index is 8.25. The minimum Gasteiger partial charge on any atom is -0.857 e. The van der Waals surface area contributed by atoms with E-state index in [1.54, 1.807) is 0 Å². The van der Waals surface area contributed by atoms with Crippen molar-refractivity contribution in [1.82, 2.24) is 0 Å². The topological polar surface area (TPSA) is 95.1 Å². The van der Waals surface area contributed by atoms with Crippen molar-refractivity contribution in [2.24, 2.45) is 0 Å². The van der Waals surface area contributed by atoms with E-state index in [0.29, 0.717) is 6.73 Å². The first-order valence-electron chi connectivity index (χ1n) is 6.60. The third kappa shape index (κ3) is 9.62. The van der Waals surface area contributed by atoms with E-state index in [4.69, 9.17) is 14.8 Å². The quantitative estimate of drug-likeness (QED) is 0.171. The fourth-order valence-electron chi connectivity index (χ4n) is 1.69. The van der Waals surface area contributed by atoms with Gasteiger partial charge in [0, 0.05) is 0 Å². The summed E-state index contributed by atoms with van der Waals surface area (Å²) in [7, 11) is 2.24. The van der Waals surface area contributed by atoms with E-state index in [0.717, 1.165) is 26.4 Å². The van der Waals surface area contributed by atoms with Crippen LogP contribution in [-0.2, 0) is 29.1 Å². The van der Waals surface area contributed by atoms with Crippen LogP contribution in [0, 0.1) is 0 Å². The summed E-state index contributed by atoms with van der Waals surface area (Å²) in [4.78, 5) is 27.8. The van der Waals surface area contributed by atoms with Gasteiger partial charge in [0.15, 0.2) is 0 Å². The summed E-state index contributed by atoms with van der Waals surface area (Å²) in [5, 5.41) is 10.4. The molecule has 9 heteroatoms. The largest absolute Gasteiger partial charge is 0.857 e. The van der Waals surface area contributed by atoms with Gasteiger partial charge in [-0.1, -0.05) is 20.8 Å². The first-order chi connectivity index (χ1) is 9.67. The second-order valence-corrected chi connectivity index (χ2v) is 3.82. The molecule has 0 saturated heterocycles. The Morgan fingerprint density at radius 2 is 1.35 bits per heavy atom. The van der Waals surface area contributed by atoms with Crippen LogP contribution >= 0.6 is 0 Å². The van der Waals surface area contributed by atoms with E-state index in [-0.39, 0.29) is 5.54 Å². The molecule has 0 aromatic heterocycles. The average molecular weight is 297 g/mol. The van der Waals surface area contributed by atoms with E-state index in [2.05, 4.69) is 45.5 Å². The zero-order valence-corrected chi connectivity index (χ0v) is 13.3. The minimum absolute atomic E-state index is 0.184. The number of hydrogen-bond donors (Lipinski definition) is 1. The highest BCUT2D eigenvalue weighted by atomic mass is 17.3. The highest BCUT2D eigenvalue weighted by molar-refractivity contribution is 6.35. The Bertz CT molecular complexity index is 181. The van der Waals surface area contributed by atoms with Gasteiger partial charge in [0.1, 0.15) is 0 Å². The maximum Gasteiger partial charge on any atom is 0.725 e. The molecule has 0 aromatic rings. The summed E-state index contributed by atoms with van der Waals surface area (Å²) >= 11 is 0. The molecule has 0 bridgehead atoms. The van der Waals surface area contributed by atoms with Crippen LogP contribution in [0.3, 0.4) is 0 Å². The smallest absolute Gasteiger partial charge is 0.725 e. The molecule has 8 nitrogen and oxygen atoms in total. The highest BCUT2D eigenvalue weighted by Gasteiger charge is 2.29. The molecule has 0 aliphatic carbocycles. The Balaban J connectivity index is 0. The summed E-state index contributed by atoms with van der Waals surface area (Å²) in [5.74, 6) is 0. The normalized spacial score (nSPS) is 10.9. The summed E-state index contributed by atoms with van der Waals surface area (Å²) in [6.07, 6.45) is 3.20. The molecule has 0 radical (unpaired) electrons. The molecular formula is C11H28BNO7. The van der Waals surface area contributed by atoms with Crippen LogP contribution < -0.4 is 10.4 Å². The van der Waals surface area contributed by atoms with Crippen molar-refractivity contribution in [2.75, 3.05) is 28.1 Å². The van der Waals surface area contributed by atoms with Crippen LogP contribution in [0.4, 0.5) is 0 Å². The molecule has 0 amide bonds. The number of nitrogens with two attached hydrogens (primary N) is 1. The Morgan fingerprint density at radius 3 is 1.70 bits per heavy atom. The molecule has 0 heterocycles. The molecule has 0 fully saturated rings. The Labute approximate surface area is 121 Å². The molecule has 0 unspecified atom stereocenters. The van der Waals surface area contributed by atoms with Gasteiger partial charge in [-0.15, -0.1) is 0 Å². The monoisotopic (exact) mass is 297 g/mol. The highest BCUT2D eigenvalue weighted by Crippen LogP contribution is 2.13. The molecule has 0 atom stereocenters. The van der Waals surface area contributed by atoms with Crippen LogP contribution in [0.15, 0.2) is 0 Å². The zero-order valence-electron chi connectivity index (χ0n) is 13.3. The van der Waals surface area contributed by atoms with Gasteiger partial charge >= 0.3 is 7.32 Å². The predicted molar refractivity (Wildman–Crippen MR) is 70.4 cm³/mol. The van der Waals surface area contributed by atoms with E-state index >= 15 is 0 Å². The van der Waals surface area contributed by atoms with Crippen molar-refractivity contribution in [3.8, 4) is 0 Å². The van der Waals surface area contributed by atoms with Gasteiger partial charge < -0.3 is 10.4 Å². The Hall–Kier alpha value is -0.255. The number of rotatable bonds is 12. The van der Waals surface area contributed by atoms with Crippen LogP contribution in [-0.4, -0.2) is 40.9 Å². The first kappa shape index (κ1) is 22.0. The summed E-state index contributed by atoms with van der Waals surface area (Å²) in [6, 6.07) is 0. The maximum absolute atomic E-state index is 8.25. The molecular weight excluding hydrogens is 269 g/mol. The fraction of sp³-hybridized carbons (Fsp3) is 1.00. The molecule has 122 valence electrons. The van der Waals surface area contributed by atoms with Gasteiger partial charge in [0.2, 0.25) is 6.73 Å². The lowest BCUT2D eigenvalue weighted by Crippen LogP contribution is -2.97. The predicted octanol–water partition coefficient (Wildman–Crippen LogP) is -0.458. The molecule has 2 N–H and O–H groups in total. The lowest BCUT2D eigenvalue weighted by molar-refractivity contribution is -0.768. The lowest BCUT2D eigenvalue weighted by Gasteiger charge is -2.27. The van der Waals surface area contributed by atoms with Crippen LogP contribution in [0.2, 0.25) is 0 Å². The number of quaternary nitrogens is 1. The van der Waals surface area contributed by atoms with Crippen molar-refractivity contribution in [2.45, 2.75) is 45.6 Å². The minimum atomic E-state index is -1.17. The second kappa shape index (κ2) is 15.1. The third-order valence-corrected chi connectivity index (χ3v) is 3.19. The summed E-state index contributed by atoms with van der Waals surface area (Å²) in [5.41, 5.74) is 0.184. The molecule has 0 aromatic carbocycles. The van der Waals surface area contributed by atoms with Crippen molar-refractivity contribution >= 4 is 7.32 Å². The van der Waals surface area contributed by atoms with E-state index in [1.807, 2.05) is 0 Å². The number of hydrogen-bond acceptors (Lipinski definition) is 7. The van der Waals surface area contributed by atoms with E-state index < -0.39 is 7.32 Å². The molecule has 0 spiro atoms. The van der Waals surface area contributed by atoms with Crippen LogP contribution in [0.25, 0.3) is 0 Å². The van der Waals surface area contributed by atoms with Gasteiger partial charge in [0.25, 0.3) is 0 Å². The Kier molecular flexibility index (Phi) is 16.7. The SMILES string of the molecule is CCC(CC)(CC)[NH2+]COOB(OOC)OOC.C[O-]. The molecule has 0 aliphatic rings. The molecule has 0 saturated carbocycles. The molecule has 20 heavy (non-hydrogen) atoms. The van der Waals surface area contributed by atoms with E-state index in [1.165, 1.54) is 14.2 Å². The lowest BCUT2D eigenvalue weighted by atomic mass is 9.90. The van der Waals surface area contributed by atoms with Crippen molar-refractivity contribution in [3.63, 3.8) is 0 Å². The third-order valence-electron chi connectivity index (χ3n) is 3.19. The van der Waals surface area contributed by atoms with Gasteiger partial charge in [-0.3, -0.25) is 9.78 Å². The zero-order chi connectivity index (χ0) is 15.9. The summed E-state index contributed by atoms with van der Waals surface area (Å²) in [6.45, 7) is 6.83. The molecule has 0 rings (SSSR count). The van der Waals surface area contributed by atoms with Gasteiger partial charge in [-0.25, -0.2) is 14.4 Å². The standard InChI is InChI=1S/C10H24BNO6.CH3O/c1-6-10(7-2,8-3)12-9-15-18-11(16-13-4)17-14-5;1-2/h12H,6-9H2,1-5H3;1H3/q;-1/p+1. The fourth-order valence-corrected chi connectivity index (χ4v) is 1.69. The van der Waals surface area contributed by atoms with Gasteiger partial charge in [0.05, 0.1) is 19.8 Å². The van der Waals surface area contributed by atoms with Gasteiger partial charge in [-0.2, -0.15) is 12.0 Å². The van der Waals surface area contributed by atoms with Crippen LogP contribution in [0.5, 0.6) is 0 Å². The van der Waals surface area contributed by atoms with Crippen molar-refractivity contribution in [1.29, 1.82) is 0 Å². The van der Waals surface area contributed by atoms with Gasteiger partial charge in [-0.05, 0) is 19.3 Å².